The molecule has 0 radical (unpaired) electrons. The minimum Gasteiger partial charge on any atom is -0.465 e. The molecule has 1 saturated heterocycles. The first kappa shape index (κ1) is 10.4. The number of pyridine rings is 1. The average molecular weight is 222 g/mol. The normalized spacial score (nSPS) is 14.8. The van der Waals surface area contributed by atoms with Gasteiger partial charge in [0.2, 0.25) is 0 Å². The lowest BCUT2D eigenvalue weighted by Crippen LogP contribution is -2.24. The molecule has 0 saturated carbocycles. The minimum absolute atomic E-state index is 0.346. The van der Waals surface area contributed by atoms with Gasteiger partial charge in [-0.3, -0.25) is 4.90 Å². The molecule has 16 heavy (non-hydrogen) atoms. The molecule has 0 spiro atoms. The van der Waals surface area contributed by atoms with Gasteiger partial charge in [-0.25, -0.2) is 14.6 Å². The molecular weight excluding hydrogens is 212 g/mol. The minimum atomic E-state index is -0.456. The Morgan fingerprint density at radius 2 is 2.38 bits per heavy atom. The van der Waals surface area contributed by atoms with Crippen molar-refractivity contribution in [1.82, 2.24) is 4.98 Å². The van der Waals surface area contributed by atoms with E-state index in [2.05, 4.69) is 9.72 Å². The Morgan fingerprint density at radius 3 is 2.88 bits per heavy atom. The van der Waals surface area contributed by atoms with Gasteiger partial charge < -0.3 is 9.47 Å². The third-order valence-electron chi connectivity index (χ3n) is 2.21. The molecule has 1 aromatic rings. The van der Waals surface area contributed by atoms with Crippen LogP contribution in [0.3, 0.4) is 0 Å². The van der Waals surface area contributed by atoms with E-state index in [-0.39, 0.29) is 0 Å². The molecule has 6 nitrogen and oxygen atoms in total. The Labute approximate surface area is 91.8 Å². The van der Waals surface area contributed by atoms with Crippen LogP contribution in [0.15, 0.2) is 18.3 Å². The highest BCUT2D eigenvalue weighted by molar-refractivity contribution is 5.91. The van der Waals surface area contributed by atoms with E-state index >= 15 is 0 Å². The molecule has 2 heterocycles. The number of nitrogens with zero attached hydrogens (tertiary/aromatic N) is 2. The second-order valence-corrected chi connectivity index (χ2v) is 3.16. The Balaban J connectivity index is 2.19. The lowest BCUT2D eigenvalue weighted by Gasteiger charge is -2.10. The van der Waals surface area contributed by atoms with Gasteiger partial charge in [0, 0.05) is 6.20 Å². The lowest BCUT2D eigenvalue weighted by atomic mass is 10.3. The number of carbonyl (C=O) groups is 2. The van der Waals surface area contributed by atoms with Crippen LogP contribution in [0.1, 0.15) is 10.4 Å². The average Bonchev–Trinajstić information content (AvgIpc) is 2.75. The van der Waals surface area contributed by atoms with E-state index in [0.717, 1.165) is 0 Å². The van der Waals surface area contributed by atoms with Crippen molar-refractivity contribution in [3.05, 3.63) is 23.9 Å². The molecule has 0 N–H and O–H groups in total. The van der Waals surface area contributed by atoms with Crippen molar-refractivity contribution in [3.63, 3.8) is 0 Å². The zero-order chi connectivity index (χ0) is 11.5. The standard InChI is InChI=1S/C10H10N2O4/c1-15-9(13)7-2-3-8(11-6-7)12-4-5-16-10(12)14/h2-3,6H,4-5H2,1H3. The first-order chi connectivity index (χ1) is 7.72. The molecule has 1 amide bonds. The predicted molar refractivity (Wildman–Crippen MR) is 54.3 cm³/mol. The molecule has 1 fully saturated rings. The Bertz CT molecular complexity index is 415. The second kappa shape index (κ2) is 4.18. The van der Waals surface area contributed by atoms with Gasteiger partial charge >= 0.3 is 12.1 Å². The van der Waals surface area contributed by atoms with E-state index in [1.807, 2.05) is 0 Å². The fourth-order valence-corrected chi connectivity index (χ4v) is 1.39. The van der Waals surface area contributed by atoms with Crippen LogP contribution in [0.25, 0.3) is 0 Å². The molecule has 0 atom stereocenters. The van der Waals surface area contributed by atoms with Crippen LogP contribution in [0.4, 0.5) is 10.6 Å². The van der Waals surface area contributed by atoms with Gasteiger partial charge in [0.05, 0.1) is 19.2 Å². The van der Waals surface area contributed by atoms with Gasteiger partial charge in [0.1, 0.15) is 12.4 Å². The Morgan fingerprint density at radius 1 is 1.56 bits per heavy atom. The first-order valence-corrected chi connectivity index (χ1v) is 4.71. The molecule has 0 bridgehead atoms. The summed E-state index contributed by atoms with van der Waals surface area (Å²) in [6.07, 6.45) is 0.950. The number of aromatic nitrogens is 1. The second-order valence-electron chi connectivity index (χ2n) is 3.16. The van der Waals surface area contributed by atoms with Crippen LogP contribution >= 0.6 is 0 Å². The molecule has 2 rings (SSSR count). The molecular formula is C10H10N2O4. The number of methoxy groups -OCH3 is 1. The summed E-state index contributed by atoms with van der Waals surface area (Å²) >= 11 is 0. The Hall–Kier alpha value is -2.11. The van der Waals surface area contributed by atoms with Gasteiger partial charge in [-0.05, 0) is 12.1 Å². The van der Waals surface area contributed by atoms with Crippen molar-refractivity contribution in [2.24, 2.45) is 0 Å². The van der Waals surface area contributed by atoms with E-state index in [0.29, 0.717) is 24.5 Å². The van der Waals surface area contributed by atoms with E-state index in [1.165, 1.54) is 18.2 Å². The molecule has 0 unspecified atom stereocenters. The number of hydrogen-bond donors (Lipinski definition) is 0. The number of rotatable bonds is 2. The van der Waals surface area contributed by atoms with Crippen LogP contribution in [0.5, 0.6) is 0 Å². The summed E-state index contributed by atoms with van der Waals surface area (Å²) < 4.78 is 9.31. The lowest BCUT2D eigenvalue weighted by molar-refractivity contribution is 0.0600. The van der Waals surface area contributed by atoms with E-state index < -0.39 is 12.1 Å². The zero-order valence-corrected chi connectivity index (χ0v) is 8.67. The van der Waals surface area contributed by atoms with Gasteiger partial charge in [-0.2, -0.15) is 0 Å². The molecule has 1 aromatic heterocycles. The summed E-state index contributed by atoms with van der Waals surface area (Å²) in [6.45, 7) is 0.836. The quantitative estimate of drug-likeness (QED) is 0.693. The Kier molecular flexibility index (Phi) is 2.72. The zero-order valence-electron chi connectivity index (χ0n) is 8.67. The van der Waals surface area contributed by atoms with Crippen molar-refractivity contribution >= 4 is 17.9 Å². The maximum absolute atomic E-state index is 11.2. The molecule has 6 heteroatoms. The van der Waals surface area contributed by atoms with Crippen molar-refractivity contribution < 1.29 is 19.1 Å². The summed E-state index contributed by atoms with van der Waals surface area (Å²) in [6, 6.07) is 3.14. The number of ether oxygens (including phenoxy) is 2. The fourth-order valence-electron chi connectivity index (χ4n) is 1.39. The smallest absolute Gasteiger partial charge is 0.415 e. The van der Waals surface area contributed by atoms with Gasteiger partial charge in [-0.1, -0.05) is 0 Å². The van der Waals surface area contributed by atoms with Crippen LogP contribution in [0, 0.1) is 0 Å². The van der Waals surface area contributed by atoms with Crippen molar-refractivity contribution in [1.29, 1.82) is 0 Å². The van der Waals surface area contributed by atoms with E-state index in [9.17, 15) is 9.59 Å². The fraction of sp³-hybridized carbons (Fsp3) is 0.300. The van der Waals surface area contributed by atoms with Crippen molar-refractivity contribution in [2.45, 2.75) is 0 Å². The summed E-state index contributed by atoms with van der Waals surface area (Å²) in [5.74, 6) is 0.0122. The van der Waals surface area contributed by atoms with Gasteiger partial charge in [0.25, 0.3) is 0 Å². The van der Waals surface area contributed by atoms with Crippen LogP contribution in [-0.4, -0.2) is 37.3 Å². The number of carbonyl (C=O) groups excluding carboxylic acids is 2. The number of esters is 1. The van der Waals surface area contributed by atoms with Crippen molar-refractivity contribution in [2.75, 3.05) is 25.2 Å². The van der Waals surface area contributed by atoms with Crippen molar-refractivity contribution in [3.8, 4) is 0 Å². The maximum atomic E-state index is 11.2. The third kappa shape index (κ3) is 1.81. The highest BCUT2D eigenvalue weighted by Gasteiger charge is 2.24. The van der Waals surface area contributed by atoms with Gasteiger partial charge in [-0.15, -0.1) is 0 Å². The molecule has 0 aliphatic carbocycles. The van der Waals surface area contributed by atoms with Crippen LogP contribution in [0.2, 0.25) is 0 Å². The van der Waals surface area contributed by atoms with Crippen LogP contribution < -0.4 is 4.90 Å². The highest BCUT2D eigenvalue weighted by Crippen LogP contribution is 2.16. The maximum Gasteiger partial charge on any atom is 0.415 e. The number of amides is 1. The third-order valence-corrected chi connectivity index (χ3v) is 2.21. The van der Waals surface area contributed by atoms with Crippen LogP contribution in [-0.2, 0) is 9.47 Å². The molecule has 1 aliphatic rings. The largest absolute Gasteiger partial charge is 0.465 e. The molecule has 0 aromatic carbocycles. The van der Waals surface area contributed by atoms with Gasteiger partial charge in [0.15, 0.2) is 0 Å². The summed E-state index contributed by atoms with van der Waals surface area (Å²) in [4.78, 5) is 27.8. The SMILES string of the molecule is COC(=O)c1ccc(N2CCOC2=O)nc1. The number of cyclic esters (lactones) is 1. The number of anilines is 1. The molecule has 84 valence electrons. The summed E-state index contributed by atoms with van der Waals surface area (Å²) in [7, 11) is 1.30. The highest BCUT2D eigenvalue weighted by atomic mass is 16.6. The topological polar surface area (TPSA) is 68.7 Å². The molecule has 1 aliphatic heterocycles. The first-order valence-electron chi connectivity index (χ1n) is 4.71. The number of hydrogen-bond acceptors (Lipinski definition) is 5. The predicted octanol–water partition coefficient (Wildman–Crippen LogP) is 0.825. The van der Waals surface area contributed by atoms with E-state index in [1.54, 1.807) is 12.1 Å². The monoisotopic (exact) mass is 222 g/mol. The summed E-state index contributed by atoms with van der Waals surface area (Å²) in [5, 5.41) is 0. The van der Waals surface area contributed by atoms with E-state index in [4.69, 9.17) is 4.74 Å². The summed E-state index contributed by atoms with van der Waals surface area (Å²) in [5.41, 5.74) is 0.346.